The predicted molar refractivity (Wildman–Crippen MR) is 128 cm³/mol. The average molecular weight is 485 g/mol. The predicted octanol–water partition coefficient (Wildman–Crippen LogP) is 3.29. The van der Waals surface area contributed by atoms with Crippen LogP contribution < -0.4 is 8.92 Å². The van der Waals surface area contributed by atoms with Crippen molar-refractivity contribution in [1.82, 2.24) is 5.01 Å². The first-order chi connectivity index (χ1) is 15.7. The largest absolute Gasteiger partial charge is 0.490 e. The van der Waals surface area contributed by atoms with Crippen molar-refractivity contribution in [2.24, 2.45) is 10.1 Å². The molecule has 0 bridgehead atoms. The van der Waals surface area contributed by atoms with Crippen molar-refractivity contribution >= 4 is 49.9 Å². The molecule has 0 saturated heterocycles. The van der Waals surface area contributed by atoms with Gasteiger partial charge in [-0.15, -0.1) is 0 Å². The Morgan fingerprint density at radius 2 is 1.91 bits per heavy atom. The van der Waals surface area contributed by atoms with Crippen LogP contribution in [0.2, 0.25) is 0 Å². The molecule has 11 heteroatoms. The monoisotopic (exact) mass is 484 g/mol. The SMILES string of the molecule is CCOc1cc(C=C2C(=N)N3N=C(Cc4ccccc4)SC3=NC2=O)ccc1OS(C)(=O)=O. The summed E-state index contributed by atoms with van der Waals surface area (Å²) in [5.41, 5.74) is 1.65. The first-order valence-electron chi connectivity index (χ1n) is 9.93. The number of nitrogens with one attached hydrogen (secondary N) is 1. The second-order valence-corrected chi connectivity index (χ2v) is 9.72. The highest BCUT2D eigenvalue weighted by Crippen LogP contribution is 2.32. The Bertz CT molecular complexity index is 1320. The summed E-state index contributed by atoms with van der Waals surface area (Å²) in [5, 5.41) is 15.4. The minimum absolute atomic E-state index is 0.0398. The summed E-state index contributed by atoms with van der Waals surface area (Å²) in [6.45, 7) is 2.04. The van der Waals surface area contributed by atoms with E-state index in [0.29, 0.717) is 17.2 Å². The van der Waals surface area contributed by atoms with Gasteiger partial charge in [-0.3, -0.25) is 10.2 Å². The van der Waals surface area contributed by atoms with Crippen LogP contribution in [-0.2, 0) is 21.3 Å². The van der Waals surface area contributed by atoms with E-state index in [1.807, 2.05) is 30.3 Å². The molecule has 0 saturated carbocycles. The van der Waals surface area contributed by atoms with Crippen molar-refractivity contribution in [2.75, 3.05) is 12.9 Å². The molecular formula is C22H20N4O5S2. The highest BCUT2D eigenvalue weighted by atomic mass is 32.2. The molecule has 0 unspecified atom stereocenters. The number of fused-ring (bicyclic) bond motifs is 1. The van der Waals surface area contributed by atoms with Gasteiger partial charge >= 0.3 is 10.1 Å². The van der Waals surface area contributed by atoms with Crippen molar-refractivity contribution in [1.29, 1.82) is 5.41 Å². The van der Waals surface area contributed by atoms with Crippen LogP contribution in [-0.4, -0.2) is 48.2 Å². The zero-order valence-corrected chi connectivity index (χ0v) is 19.4. The number of nitrogens with zero attached hydrogens (tertiary/aromatic N) is 3. The molecule has 2 heterocycles. The number of rotatable bonds is 7. The average Bonchev–Trinajstić information content (AvgIpc) is 3.15. The van der Waals surface area contributed by atoms with Crippen molar-refractivity contribution in [2.45, 2.75) is 13.3 Å². The topological polar surface area (TPSA) is 121 Å². The number of aliphatic imine (C=N–C) groups is 1. The quantitative estimate of drug-likeness (QED) is 0.473. The second kappa shape index (κ2) is 9.20. The van der Waals surface area contributed by atoms with Crippen molar-refractivity contribution in [3.63, 3.8) is 0 Å². The third-order valence-electron chi connectivity index (χ3n) is 4.51. The Morgan fingerprint density at radius 1 is 1.15 bits per heavy atom. The first kappa shape index (κ1) is 22.7. The van der Waals surface area contributed by atoms with Gasteiger partial charge in [-0.2, -0.15) is 23.5 Å². The summed E-state index contributed by atoms with van der Waals surface area (Å²) in [7, 11) is -3.74. The zero-order chi connectivity index (χ0) is 23.6. The highest BCUT2D eigenvalue weighted by Gasteiger charge is 2.35. The minimum atomic E-state index is -3.74. The van der Waals surface area contributed by atoms with E-state index in [1.54, 1.807) is 19.1 Å². The number of hydrogen-bond donors (Lipinski definition) is 1. The van der Waals surface area contributed by atoms with Gasteiger partial charge in [0, 0.05) is 6.42 Å². The van der Waals surface area contributed by atoms with Gasteiger partial charge in [0.05, 0.1) is 18.4 Å². The maximum atomic E-state index is 12.7. The molecule has 2 aliphatic heterocycles. The van der Waals surface area contributed by atoms with E-state index in [1.165, 1.54) is 28.9 Å². The van der Waals surface area contributed by atoms with Crippen LogP contribution in [0.3, 0.4) is 0 Å². The molecule has 2 aromatic carbocycles. The Kier molecular flexibility index (Phi) is 6.34. The molecule has 0 fully saturated rings. The van der Waals surface area contributed by atoms with Crippen LogP contribution >= 0.6 is 11.8 Å². The molecule has 0 atom stereocenters. The van der Waals surface area contributed by atoms with E-state index < -0.39 is 16.0 Å². The van der Waals surface area contributed by atoms with Gasteiger partial charge < -0.3 is 8.92 Å². The number of benzene rings is 2. The lowest BCUT2D eigenvalue weighted by atomic mass is 10.1. The van der Waals surface area contributed by atoms with E-state index >= 15 is 0 Å². The van der Waals surface area contributed by atoms with Gasteiger partial charge in [0.15, 0.2) is 17.3 Å². The lowest BCUT2D eigenvalue weighted by molar-refractivity contribution is -0.114. The van der Waals surface area contributed by atoms with E-state index in [0.717, 1.165) is 16.9 Å². The summed E-state index contributed by atoms with van der Waals surface area (Å²) in [6, 6.07) is 14.3. The number of carbonyl (C=O) groups excluding carboxylic acids is 1. The molecule has 1 N–H and O–H groups in total. The lowest BCUT2D eigenvalue weighted by Gasteiger charge is -2.20. The molecule has 9 nitrogen and oxygen atoms in total. The maximum Gasteiger partial charge on any atom is 0.306 e. The van der Waals surface area contributed by atoms with Gasteiger partial charge in [0.25, 0.3) is 5.91 Å². The summed E-state index contributed by atoms with van der Waals surface area (Å²) in [5.74, 6) is -0.395. The molecule has 0 radical (unpaired) electrons. The normalized spacial score (nSPS) is 17.0. The Labute approximate surface area is 195 Å². The fraction of sp³-hybridized carbons (Fsp3) is 0.182. The lowest BCUT2D eigenvalue weighted by Crippen LogP contribution is -2.35. The second-order valence-electron chi connectivity index (χ2n) is 7.10. The van der Waals surface area contributed by atoms with E-state index in [9.17, 15) is 13.2 Å². The van der Waals surface area contributed by atoms with Crippen molar-refractivity contribution < 1.29 is 22.1 Å². The molecule has 0 aliphatic carbocycles. The standard InChI is InChI=1S/C22H20N4O5S2/c1-3-30-18-12-15(9-10-17(18)31-33(2,28)29)11-16-20(23)26-22(24-21(16)27)32-19(25-26)13-14-7-5-4-6-8-14/h4-12,23H,3,13H2,1-2H3. The van der Waals surface area contributed by atoms with E-state index in [2.05, 4.69) is 10.1 Å². The number of ether oxygens (including phenoxy) is 1. The molecular weight excluding hydrogens is 464 g/mol. The van der Waals surface area contributed by atoms with Crippen LogP contribution in [0.1, 0.15) is 18.1 Å². The summed E-state index contributed by atoms with van der Waals surface area (Å²) < 4.78 is 33.4. The fourth-order valence-corrected chi connectivity index (χ4v) is 4.54. The molecule has 1 amide bonds. The molecule has 33 heavy (non-hydrogen) atoms. The van der Waals surface area contributed by atoms with Gasteiger partial charge in [-0.1, -0.05) is 36.4 Å². The Hall–Kier alpha value is -3.44. The van der Waals surface area contributed by atoms with Crippen LogP contribution in [0.15, 0.2) is 64.2 Å². The van der Waals surface area contributed by atoms with Crippen molar-refractivity contribution in [3.8, 4) is 11.5 Å². The van der Waals surface area contributed by atoms with Crippen LogP contribution in [0.4, 0.5) is 0 Å². The smallest absolute Gasteiger partial charge is 0.306 e. The van der Waals surface area contributed by atoms with Gasteiger partial charge in [-0.25, -0.2) is 0 Å². The van der Waals surface area contributed by atoms with Crippen LogP contribution in [0.25, 0.3) is 6.08 Å². The van der Waals surface area contributed by atoms with E-state index in [4.69, 9.17) is 14.3 Å². The Morgan fingerprint density at radius 3 is 2.61 bits per heavy atom. The highest BCUT2D eigenvalue weighted by molar-refractivity contribution is 8.26. The van der Waals surface area contributed by atoms with E-state index in [-0.39, 0.29) is 29.5 Å². The third kappa shape index (κ3) is 5.32. The molecule has 4 rings (SSSR count). The van der Waals surface area contributed by atoms with Gasteiger partial charge in [0.1, 0.15) is 5.04 Å². The molecule has 2 aliphatic rings. The molecule has 0 spiro atoms. The number of thioether (sulfide) groups is 1. The van der Waals surface area contributed by atoms with Gasteiger partial charge in [-0.05, 0) is 48.0 Å². The summed E-state index contributed by atoms with van der Waals surface area (Å²) in [6.07, 6.45) is 3.00. The van der Waals surface area contributed by atoms with Crippen LogP contribution in [0, 0.1) is 5.41 Å². The molecule has 170 valence electrons. The maximum absolute atomic E-state index is 12.7. The number of amides is 1. The zero-order valence-electron chi connectivity index (χ0n) is 17.8. The summed E-state index contributed by atoms with van der Waals surface area (Å²) in [4.78, 5) is 16.8. The number of amidine groups is 2. The minimum Gasteiger partial charge on any atom is -0.490 e. The van der Waals surface area contributed by atoms with Crippen molar-refractivity contribution in [3.05, 3.63) is 65.2 Å². The molecule has 0 aromatic heterocycles. The number of carbonyl (C=O) groups is 1. The first-order valence-corrected chi connectivity index (χ1v) is 12.6. The number of hydrogen-bond acceptors (Lipinski definition) is 8. The fourth-order valence-electron chi connectivity index (χ4n) is 3.15. The number of hydrazone groups is 1. The molecule has 2 aromatic rings. The Balaban J connectivity index is 1.61. The third-order valence-corrected chi connectivity index (χ3v) is 5.91. The van der Waals surface area contributed by atoms with Gasteiger partial charge in [0.2, 0.25) is 5.17 Å². The summed E-state index contributed by atoms with van der Waals surface area (Å²) >= 11 is 1.27. The van der Waals surface area contributed by atoms with Crippen LogP contribution in [0.5, 0.6) is 11.5 Å².